The number of aliphatic hydroxyl groups excluding tert-OH is 1. The fourth-order valence-electron chi connectivity index (χ4n) is 3.70. The molecule has 1 aliphatic rings. The van der Waals surface area contributed by atoms with Gasteiger partial charge in [-0.05, 0) is 44.1 Å². The first-order valence-corrected chi connectivity index (χ1v) is 9.82. The molecule has 1 fully saturated rings. The van der Waals surface area contributed by atoms with Crippen LogP contribution in [0.2, 0.25) is 0 Å². The summed E-state index contributed by atoms with van der Waals surface area (Å²) in [5, 5.41) is 18.9. The molecule has 1 heterocycles. The summed E-state index contributed by atoms with van der Waals surface area (Å²) in [6.07, 6.45) is 7.43. The van der Waals surface area contributed by atoms with Crippen LogP contribution in [0, 0.1) is 0 Å². The molecule has 0 radical (unpaired) electrons. The number of hydrogen-bond acceptors (Lipinski definition) is 3. The fourth-order valence-corrected chi connectivity index (χ4v) is 3.70. The van der Waals surface area contributed by atoms with Crippen LogP contribution in [-0.2, 0) is 9.59 Å². The van der Waals surface area contributed by atoms with Crippen molar-refractivity contribution in [3.05, 3.63) is 35.9 Å². The van der Waals surface area contributed by atoms with E-state index >= 15 is 0 Å². The summed E-state index contributed by atoms with van der Waals surface area (Å²) in [5.74, 6) is -0.499. The highest BCUT2D eigenvalue weighted by Crippen LogP contribution is 2.26. The first-order chi connectivity index (χ1) is 12.6. The van der Waals surface area contributed by atoms with E-state index in [2.05, 4.69) is 0 Å². The SMILES string of the molecule is O=C(O)CCCCCCN1C(=O)CC[C@@H]1CCCC(O)c1ccccc1. The second-order valence-electron chi connectivity index (χ2n) is 7.19. The minimum atomic E-state index is -0.738. The Hall–Kier alpha value is -1.88. The summed E-state index contributed by atoms with van der Waals surface area (Å²) >= 11 is 0. The van der Waals surface area contributed by atoms with Gasteiger partial charge in [0, 0.05) is 25.4 Å². The topological polar surface area (TPSA) is 77.8 Å². The van der Waals surface area contributed by atoms with Gasteiger partial charge in [0.05, 0.1) is 6.10 Å². The van der Waals surface area contributed by atoms with Gasteiger partial charge in [0.1, 0.15) is 0 Å². The number of rotatable bonds is 12. The molecule has 5 nitrogen and oxygen atoms in total. The molecular formula is C21H31NO4. The largest absolute Gasteiger partial charge is 0.481 e. The summed E-state index contributed by atoms with van der Waals surface area (Å²) in [4.78, 5) is 24.6. The molecule has 1 amide bonds. The fraction of sp³-hybridized carbons (Fsp3) is 0.619. The zero-order valence-corrected chi connectivity index (χ0v) is 15.5. The third-order valence-electron chi connectivity index (χ3n) is 5.19. The summed E-state index contributed by atoms with van der Waals surface area (Å²) in [6.45, 7) is 0.776. The number of carboxylic acids is 1. The molecule has 0 spiro atoms. The van der Waals surface area contributed by atoms with Crippen LogP contribution in [0.25, 0.3) is 0 Å². The van der Waals surface area contributed by atoms with Crippen molar-refractivity contribution in [3.63, 3.8) is 0 Å². The standard InChI is InChI=1S/C21H31NO4/c23-19(17-9-4-3-5-10-17)12-8-11-18-14-15-20(24)22(18)16-7-2-1-6-13-21(25)26/h3-5,9-10,18-19,23H,1-2,6-8,11-16H2,(H,25,26)/t18-,19?/m0/s1. The lowest BCUT2D eigenvalue weighted by Gasteiger charge is -2.25. The number of hydrogen-bond donors (Lipinski definition) is 2. The number of likely N-dealkylation sites (tertiary alicyclic amines) is 1. The number of aliphatic hydroxyl groups is 1. The highest BCUT2D eigenvalue weighted by molar-refractivity contribution is 5.78. The van der Waals surface area contributed by atoms with E-state index < -0.39 is 12.1 Å². The van der Waals surface area contributed by atoms with Crippen molar-refractivity contribution < 1.29 is 19.8 Å². The monoisotopic (exact) mass is 361 g/mol. The number of benzene rings is 1. The van der Waals surface area contributed by atoms with Crippen molar-refractivity contribution >= 4 is 11.9 Å². The lowest BCUT2D eigenvalue weighted by atomic mass is 10.0. The van der Waals surface area contributed by atoms with Gasteiger partial charge < -0.3 is 15.1 Å². The highest BCUT2D eigenvalue weighted by atomic mass is 16.4. The van der Waals surface area contributed by atoms with E-state index in [1.165, 1.54) is 0 Å². The second kappa shape index (κ2) is 11.0. The van der Waals surface area contributed by atoms with Gasteiger partial charge in [0.25, 0.3) is 0 Å². The van der Waals surface area contributed by atoms with Crippen molar-refractivity contribution in [1.29, 1.82) is 0 Å². The number of unbranched alkanes of at least 4 members (excludes halogenated alkanes) is 3. The smallest absolute Gasteiger partial charge is 0.303 e. The van der Waals surface area contributed by atoms with Crippen LogP contribution in [0.15, 0.2) is 30.3 Å². The van der Waals surface area contributed by atoms with E-state index in [-0.39, 0.29) is 12.3 Å². The van der Waals surface area contributed by atoms with E-state index in [1.807, 2.05) is 35.2 Å². The molecule has 0 bridgehead atoms. The minimum absolute atomic E-state index is 0.231. The summed E-state index contributed by atoms with van der Waals surface area (Å²) in [5.41, 5.74) is 0.952. The second-order valence-corrected chi connectivity index (χ2v) is 7.19. The van der Waals surface area contributed by atoms with Gasteiger partial charge in [-0.25, -0.2) is 0 Å². The zero-order chi connectivity index (χ0) is 18.8. The summed E-state index contributed by atoms with van der Waals surface area (Å²) in [6, 6.07) is 10.0. The average Bonchev–Trinajstić information content (AvgIpc) is 2.98. The molecule has 2 N–H and O–H groups in total. The van der Waals surface area contributed by atoms with Gasteiger partial charge in [0.15, 0.2) is 0 Å². The Labute approximate surface area is 156 Å². The Kier molecular flexibility index (Phi) is 8.62. The van der Waals surface area contributed by atoms with Crippen LogP contribution in [0.3, 0.4) is 0 Å². The Balaban J connectivity index is 1.65. The van der Waals surface area contributed by atoms with Crippen LogP contribution in [0.5, 0.6) is 0 Å². The van der Waals surface area contributed by atoms with Crippen molar-refractivity contribution in [3.8, 4) is 0 Å². The van der Waals surface area contributed by atoms with Crippen LogP contribution in [0.4, 0.5) is 0 Å². The molecule has 0 saturated carbocycles. The molecule has 2 rings (SSSR count). The molecule has 26 heavy (non-hydrogen) atoms. The number of nitrogens with zero attached hydrogens (tertiary/aromatic N) is 1. The first-order valence-electron chi connectivity index (χ1n) is 9.82. The number of carbonyl (C=O) groups is 2. The van der Waals surface area contributed by atoms with Crippen LogP contribution in [-0.4, -0.2) is 39.6 Å². The van der Waals surface area contributed by atoms with E-state index in [4.69, 9.17) is 5.11 Å². The molecule has 144 valence electrons. The first kappa shape index (κ1) is 20.4. The van der Waals surface area contributed by atoms with Crippen LogP contribution < -0.4 is 0 Å². The van der Waals surface area contributed by atoms with Gasteiger partial charge in [-0.3, -0.25) is 9.59 Å². The minimum Gasteiger partial charge on any atom is -0.481 e. The lowest BCUT2D eigenvalue weighted by molar-refractivity contribution is -0.137. The third-order valence-corrected chi connectivity index (χ3v) is 5.19. The molecule has 1 aromatic rings. The highest BCUT2D eigenvalue weighted by Gasteiger charge is 2.29. The van der Waals surface area contributed by atoms with Gasteiger partial charge in [-0.15, -0.1) is 0 Å². The average molecular weight is 361 g/mol. The number of amides is 1. The van der Waals surface area contributed by atoms with E-state index in [0.29, 0.717) is 18.9 Å². The van der Waals surface area contributed by atoms with Gasteiger partial charge in [-0.2, -0.15) is 0 Å². The normalized spacial score (nSPS) is 18.3. The Morgan fingerprint density at radius 2 is 1.85 bits per heavy atom. The summed E-state index contributed by atoms with van der Waals surface area (Å²) in [7, 11) is 0. The van der Waals surface area contributed by atoms with Gasteiger partial charge in [0.2, 0.25) is 5.91 Å². The predicted octanol–water partition coefficient (Wildman–Crippen LogP) is 3.92. The van der Waals surface area contributed by atoms with E-state index in [9.17, 15) is 14.7 Å². The maximum Gasteiger partial charge on any atom is 0.303 e. The van der Waals surface area contributed by atoms with Crippen LogP contribution in [0.1, 0.15) is 75.9 Å². The number of carbonyl (C=O) groups excluding carboxylic acids is 1. The molecule has 2 atom stereocenters. The molecule has 0 aromatic heterocycles. The van der Waals surface area contributed by atoms with E-state index in [0.717, 1.165) is 57.1 Å². The maximum atomic E-state index is 12.1. The van der Waals surface area contributed by atoms with Gasteiger partial charge in [-0.1, -0.05) is 43.2 Å². The van der Waals surface area contributed by atoms with E-state index in [1.54, 1.807) is 0 Å². The van der Waals surface area contributed by atoms with Crippen molar-refractivity contribution in [2.45, 2.75) is 76.4 Å². The molecule has 1 saturated heterocycles. The third kappa shape index (κ3) is 6.79. The van der Waals surface area contributed by atoms with Gasteiger partial charge >= 0.3 is 5.97 Å². The lowest BCUT2D eigenvalue weighted by Crippen LogP contribution is -2.33. The Bertz CT molecular complexity index is 560. The molecule has 5 heteroatoms. The van der Waals surface area contributed by atoms with Crippen molar-refractivity contribution in [1.82, 2.24) is 4.90 Å². The maximum absolute atomic E-state index is 12.1. The molecular weight excluding hydrogens is 330 g/mol. The quantitative estimate of drug-likeness (QED) is 0.553. The Morgan fingerprint density at radius 1 is 1.12 bits per heavy atom. The molecule has 1 unspecified atom stereocenters. The molecule has 1 aromatic carbocycles. The van der Waals surface area contributed by atoms with Crippen LogP contribution >= 0.6 is 0 Å². The molecule has 0 aliphatic carbocycles. The zero-order valence-electron chi connectivity index (χ0n) is 15.5. The predicted molar refractivity (Wildman–Crippen MR) is 101 cm³/mol. The number of carboxylic acid groups (broad SMARTS) is 1. The van der Waals surface area contributed by atoms with Crippen molar-refractivity contribution in [2.75, 3.05) is 6.54 Å². The van der Waals surface area contributed by atoms with Crippen molar-refractivity contribution in [2.24, 2.45) is 0 Å². The molecule has 1 aliphatic heterocycles. The summed E-state index contributed by atoms with van der Waals surface area (Å²) < 4.78 is 0. The number of aliphatic carboxylic acids is 1. The Morgan fingerprint density at radius 3 is 2.58 bits per heavy atom.